The van der Waals surface area contributed by atoms with E-state index in [0.717, 1.165) is 54.4 Å². The van der Waals surface area contributed by atoms with Crippen LogP contribution in [0.15, 0.2) is 34.2 Å². The Labute approximate surface area is 181 Å². The lowest BCUT2D eigenvalue weighted by atomic mass is 9.97. The van der Waals surface area contributed by atoms with E-state index in [4.69, 9.17) is 16.6 Å². The molecule has 1 amide bonds. The van der Waals surface area contributed by atoms with Crippen LogP contribution in [0.5, 0.6) is 0 Å². The van der Waals surface area contributed by atoms with Crippen LogP contribution in [-0.4, -0.2) is 27.3 Å². The van der Waals surface area contributed by atoms with Crippen molar-refractivity contribution in [2.24, 2.45) is 0 Å². The molecular weight excluding hydrogens is 426 g/mol. The van der Waals surface area contributed by atoms with Crippen molar-refractivity contribution < 1.29 is 4.79 Å². The Morgan fingerprint density at radius 1 is 1.24 bits per heavy atom. The molecule has 0 aliphatic heterocycles. The minimum atomic E-state index is -0.0539. The van der Waals surface area contributed by atoms with E-state index in [-0.39, 0.29) is 17.2 Å². The van der Waals surface area contributed by atoms with E-state index in [1.165, 1.54) is 22.2 Å². The molecule has 2 aliphatic carbocycles. The number of aryl methyl sites for hydroxylation is 2. The number of hydrogen-bond donors (Lipinski definition) is 1. The molecule has 0 spiro atoms. The second-order valence-corrected chi connectivity index (χ2v) is 10.00. The zero-order valence-electron chi connectivity index (χ0n) is 15.7. The van der Waals surface area contributed by atoms with Crippen LogP contribution in [0.1, 0.15) is 36.1 Å². The third kappa shape index (κ3) is 3.83. The SMILES string of the molecule is O=C(CSc1nc2sc3c(c2c(=O)n1-c1ccc(Cl)cc1)CCCC3)NC1CC1. The molecule has 29 heavy (non-hydrogen) atoms. The predicted octanol–water partition coefficient (Wildman–Crippen LogP) is 4.35. The van der Waals surface area contributed by atoms with Crippen LogP contribution in [-0.2, 0) is 17.6 Å². The number of amides is 1. The van der Waals surface area contributed by atoms with E-state index >= 15 is 0 Å². The van der Waals surface area contributed by atoms with Gasteiger partial charge in [-0.1, -0.05) is 23.4 Å². The van der Waals surface area contributed by atoms with Gasteiger partial charge in [0, 0.05) is 15.9 Å². The largest absolute Gasteiger partial charge is 0.353 e. The molecule has 0 bridgehead atoms. The Morgan fingerprint density at radius 2 is 2.00 bits per heavy atom. The number of fused-ring (bicyclic) bond motifs is 3. The normalized spacial score (nSPS) is 16.0. The minimum Gasteiger partial charge on any atom is -0.353 e. The number of carbonyl (C=O) groups is 1. The molecule has 0 unspecified atom stereocenters. The van der Waals surface area contributed by atoms with Crippen LogP contribution in [0.2, 0.25) is 5.02 Å². The second-order valence-electron chi connectivity index (χ2n) is 7.53. The van der Waals surface area contributed by atoms with Crippen LogP contribution >= 0.6 is 34.7 Å². The van der Waals surface area contributed by atoms with Gasteiger partial charge in [0.15, 0.2) is 5.16 Å². The maximum atomic E-state index is 13.6. The van der Waals surface area contributed by atoms with E-state index in [1.807, 2.05) is 12.1 Å². The van der Waals surface area contributed by atoms with E-state index in [0.29, 0.717) is 16.2 Å². The average Bonchev–Trinajstić information content (AvgIpc) is 3.44. The van der Waals surface area contributed by atoms with Gasteiger partial charge >= 0.3 is 0 Å². The summed E-state index contributed by atoms with van der Waals surface area (Å²) in [6.45, 7) is 0. The van der Waals surface area contributed by atoms with Crippen molar-refractivity contribution in [3.8, 4) is 5.69 Å². The molecule has 0 saturated heterocycles. The summed E-state index contributed by atoms with van der Waals surface area (Å²) in [4.78, 5) is 32.7. The number of thioether (sulfide) groups is 1. The monoisotopic (exact) mass is 445 g/mol. The molecule has 0 radical (unpaired) electrons. The van der Waals surface area contributed by atoms with Crippen molar-refractivity contribution in [3.05, 3.63) is 50.1 Å². The molecule has 1 N–H and O–H groups in total. The topological polar surface area (TPSA) is 64.0 Å². The third-order valence-electron chi connectivity index (χ3n) is 5.32. The average molecular weight is 446 g/mol. The van der Waals surface area contributed by atoms with Crippen molar-refractivity contribution in [1.29, 1.82) is 0 Å². The van der Waals surface area contributed by atoms with Gasteiger partial charge in [0.1, 0.15) is 4.83 Å². The maximum absolute atomic E-state index is 13.6. The Bertz CT molecular complexity index is 1150. The highest BCUT2D eigenvalue weighted by molar-refractivity contribution is 7.99. The van der Waals surface area contributed by atoms with Crippen LogP contribution in [0.25, 0.3) is 15.9 Å². The van der Waals surface area contributed by atoms with Crippen molar-refractivity contribution >= 4 is 50.8 Å². The molecule has 5 nitrogen and oxygen atoms in total. The third-order valence-corrected chi connectivity index (χ3v) is 7.69. The second kappa shape index (κ2) is 7.78. The molecule has 2 heterocycles. The first-order valence-electron chi connectivity index (χ1n) is 9.85. The fourth-order valence-corrected chi connectivity index (χ4v) is 5.98. The summed E-state index contributed by atoms with van der Waals surface area (Å²) < 4.78 is 1.63. The lowest BCUT2D eigenvalue weighted by Crippen LogP contribution is -2.28. The summed E-state index contributed by atoms with van der Waals surface area (Å²) in [5.74, 6) is 0.229. The smallest absolute Gasteiger partial charge is 0.267 e. The fourth-order valence-electron chi connectivity index (χ4n) is 3.73. The van der Waals surface area contributed by atoms with Crippen molar-refractivity contribution in [2.75, 3.05) is 5.75 Å². The van der Waals surface area contributed by atoms with Crippen molar-refractivity contribution in [1.82, 2.24) is 14.9 Å². The van der Waals surface area contributed by atoms with Crippen LogP contribution in [0.3, 0.4) is 0 Å². The van der Waals surface area contributed by atoms with Gasteiger partial charge in [-0.2, -0.15) is 0 Å². The lowest BCUT2D eigenvalue weighted by Gasteiger charge is -2.13. The van der Waals surface area contributed by atoms with E-state index in [9.17, 15) is 9.59 Å². The number of thiophene rings is 1. The Kier molecular flexibility index (Phi) is 5.14. The first-order chi connectivity index (χ1) is 14.1. The summed E-state index contributed by atoms with van der Waals surface area (Å²) in [6.07, 6.45) is 6.32. The number of halogens is 1. The summed E-state index contributed by atoms with van der Waals surface area (Å²) in [5.41, 5.74) is 1.83. The number of aromatic nitrogens is 2. The van der Waals surface area contributed by atoms with Gasteiger partial charge in [-0.3, -0.25) is 14.2 Å². The molecule has 150 valence electrons. The zero-order valence-corrected chi connectivity index (χ0v) is 18.1. The molecule has 1 aromatic carbocycles. The maximum Gasteiger partial charge on any atom is 0.267 e. The Balaban J connectivity index is 1.60. The fraction of sp³-hybridized carbons (Fsp3) is 0.381. The number of nitrogens with one attached hydrogen (secondary N) is 1. The molecule has 2 aromatic heterocycles. The molecular formula is C21H20ClN3O2S2. The molecule has 2 aliphatic rings. The van der Waals surface area contributed by atoms with Gasteiger partial charge in [-0.15, -0.1) is 11.3 Å². The van der Waals surface area contributed by atoms with E-state index in [2.05, 4.69) is 5.32 Å². The summed E-state index contributed by atoms with van der Waals surface area (Å²) in [6, 6.07) is 7.51. The quantitative estimate of drug-likeness (QED) is 0.468. The van der Waals surface area contributed by atoms with Gasteiger partial charge < -0.3 is 5.32 Å². The minimum absolute atomic E-state index is 0.0139. The first kappa shape index (κ1) is 19.2. The lowest BCUT2D eigenvalue weighted by molar-refractivity contribution is -0.118. The number of nitrogens with zero attached hydrogens (tertiary/aromatic N) is 2. The van der Waals surface area contributed by atoms with Crippen LogP contribution in [0.4, 0.5) is 0 Å². The molecule has 3 aromatic rings. The van der Waals surface area contributed by atoms with Crippen molar-refractivity contribution in [2.45, 2.75) is 49.7 Å². The molecule has 1 fully saturated rings. The molecule has 0 atom stereocenters. The van der Waals surface area contributed by atoms with Gasteiger partial charge in [-0.05, 0) is 68.4 Å². The highest BCUT2D eigenvalue weighted by Gasteiger charge is 2.25. The summed E-state index contributed by atoms with van der Waals surface area (Å²) in [5, 5.41) is 4.90. The number of carbonyl (C=O) groups excluding carboxylic acids is 1. The number of rotatable bonds is 5. The summed E-state index contributed by atoms with van der Waals surface area (Å²) >= 11 is 8.99. The van der Waals surface area contributed by atoms with Gasteiger partial charge in [-0.25, -0.2) is 4.98 Å². The summed E-state index contributed by atoms with van der Waals surface area (Å²) in [7, 11) is 0. The Morgan fingerprint density at radius 3 is 2.76 bits per heavy atom. The first-order valence-corrected chi connectivity index (χ1v) is 12.0. The molecule has 1 saturated carbocycles. The van der Waals surface area contributed by atoms with Gasteiger partial charge in [0.05, 0.1) is 16.8 Å². The molecule has 8 heteroatoms. The standard InChI is InChI=1S/C21H20ClN3O2S2/c22-12-5-9-14(10-6-12)25-20(27)18-15-3-1-2-4-16(15)29-19(18)24-21(25)28-11-17(26)23-13-7-8-13/h5-6,9-10,13H,1-4,7-8,11H2,(H,23,26). The van der Waals surface area contributed by atoms with Crippen LogP contribution < -0.4 is 10.9 Å². The Hall–Kier alpha value is -1.83. The van der Waals surface area contributed by atoms with Gasteiger partial charge in [0.25, 0.3) is 5.56 Å². The van der Waals surface area contributed by atoms with Crippen LogP contribution in [0, 0.1) is 0 Å². The van der Waals surface area contributed by atoms with Gasteiger partial charge in [0.2, 0.25) is 5.91 Å². The zero-order chi connectivity index (χ0) is 20.0. The van der Waals surface area contributed by atoms with E-state index in [1.54, 1.807) is 28.0 Å². The van der Waals surface area contributed by atoms with Crippen molar-refractivity contribution in [3.63, 3.8) is 0 Å². The van der Waals surface area contributed by atoms with E-state index < -0.39 is 0 Å². The highest BCUT2D eigenvalue weighted by atomic mass is 35.5. The highest BCUT2D eigenvalue weighted by Crippen LogP contribution is 2.35. The number of hydrogen-bond acceptors (Lipinski definition) is 5. The number of benzene rings is 1. The predicted molar refractivity (Wildman–Crippen MR) is 119 cm³/mol. The molecule has 5 rings (SSSR count).